The van der Waals surface area contributed by atoms with Crippen molar-refractivity contribution in [3.63, 3.8) is 0 Å². The van der Waals surface area contributed by atoms with Gasteiger partial charge >= 0.3 is 5.97 Å². The molecule has 1 atom stereocenters. The molecule has 1 heterocycles. The number of benzene rings is 1. The number of unbranched alkanes of at least 4 members (excludes halogenated alkanes) is 2. The smallest absolute Gasteiger partial charge is 0.340 e. The van der Waals surface area contributed by atoms with Crippen LogP contribution in [0.2, 0.25) is 0 Å². The SMILES string of the molecule is CCCCc1cnc(-c2ccc(OC[C@H]3CC[C@H](OC(=O)[C@@H](F)CCCC)CC3)c(Br)c2)nc1. The van der Waals surface area contributed by atoms with Crippen LogP contribution in [-0.4, -0.2) is 34.8 Å². The first-order valence-corrected chi connectivity index (χ1v) is 13.4. The Balaban J connectivity index is 1.44. The van der Waals surface area contributed by atoms with E-state index in [1.807, 2.05) is 37.5 Å². The second kappa shape index (κ2) is 13.8. The summed E-state index contributed by atoms with van der Waals surface area (Å²) in [7, 11) is 0. The Hall–Kier alpha value is -2.02. The average molecular weight is 535 g/mol. The fourth-order valence-electron chi connectivity index (χ4n) is 4.13. The van der Waals surface area contributed by atoms with Crippen LogP contribution in [0.1, 0.15) is 77.2 Å². The molecule has 186 valence electrons. The van der Waals surface area contributed by atoms with Crippen LogP contribution in [0.25, 0.3) is 11.4 Å². The van der Waals surface area contributed by atoms with E-state index in [2.05, 4.69) is 32.8 Å². The van der Waals surface area contributed by atoms with E-state index in [-0.39, 0.29) is 12.5 Å². The molecule has 0 N–H and O–H groups in total. The third-order valence-electron chi connectivity index (χ3n) is 6.33. The van der Waals surface area contributed by atoms with Crippen molar-refractivity contribution in [2.75, 3.05) is 6.61 Å². The van der Waals surface area contributed by atoms with Crippen molar-refractivity contribution in [1.82, 2.24) is 9.97 Å². The van der Waals surface area contributed by atoms with Gasteiger partial charge in [0.15, 0.2) is 12.0 Å². The first-order valence-electron chi connectivity index (χ1n) is 12.6. The van der Waals surface area contributed by atoms with Crippen molar-refractivity contribution in [3.05, 3.63) is 40.6 Å². The van der Waals surface area contributed by atoms with Gasteiger partial charge in [0, 0.05) is 18.0 Å². The van der Waals surface area contributed by atoms with Gasteiger partial charge in [-0.1, -0.05) is 33.1 Å². The third-order valence-corrected chi connectivity index (χ3v) is 6.95. The van der Waals surface area contributed by atoms with Gasteiger partial charge in [-0.15, -0.1) is 0 Å². The fourth-order valence-corrected chi connectivity index (χ4v) is 4.63. The summed E-state index contributed by atoms with van der Waals surface area (Å²) in [5, 5.41) is 0. The minimum atomic E-state index is -1.49. The van der Waals surface area contributed by atoms with E-state index < -0.39 is 12.1 Å². The summed E-state index contributed by atoms with van der Waals surface area (Å²) in [4.78, 5) is 20.9. The van der Waals surface area contributed by atoms with Gasteiger partial charge in [0.1, 0.15) is 11.9 Å². The van der Waals surface area contributed by atoms with Crippen molar-refractivity contribution in [2.24, 2.45) is 5.92 Å². The quantitative estimate of drug-likeness (QED) is 0.268. The van der Waals surface area contributed by atoms with Gasteiger partial charge < -0.3 is 9.47 Å². The van der Waals surface area contributed by atoms with Crippen molar-refractivity contribution in [1.29, 1.82) is 0 Å². The molecule has 1 fully saturated rings. The lowest BCUT2D eigenvalue weighted by atomic mass is 9.88. The van der Waals surface area contributed by atoms with Gasteiger partial charge in [0.05, 0.1) is 11.1 Å². The van der Waals surface area contributed by atoms with Crippen molar-refractivity contribution in [2.45, 2.75) is 90.3 Å². The minimum Gasteiger partial charge on any atom is -0.492 e. The topological polar surface area (TPSA) is 61.3 Å². The van der Waals surface area contributed by atoms with Crippen LogP contribution in [-0.2, 0) is 16.0 Å². The third kappa shape index (κ3) is 8.03. The Morgan fingerprint density at radius 3 is 2.47 bits per heavy atom. The highest BCUT2D eigenvalue weighted by Gasteiger charge is 2.27. The number of aryl methyl sites for hydroxylation is 1. The lowest BCUT2D eigenvalue weighted by Gasteiger charge is -2.28. The maximum absolute atomic E-state index is 13.9. The van der Waals surface area contributed by atoms with E-state index in [1.165, 1.54) is 0 Å². The minimum absolute atomic E-state index is 0.178. The molecule has 7 heteroatoms. The maximum Gasteiger partial charge on any atom is 0.340 e. The van der Waals surface area contributed by atoms with Crippen LogP contribution >= 0.6 is 15.9 Å². The van der Waals surface area contributed by atoms with E-state index in [0.29, 0.717) is 24.8 Å². The van der Waals surface area contributed by atoms with Gasteiger partial charge in [-0.2, -0.15) is 0 Å². The van der Waals surface area contributed by atoms with E-state index in [1.54, 1.807) is 0 Å². The molecule has 0 radical (unpaired) electrons. The zero-order valence-electron chi connectivity index (χ0n) is 20.3. The van der Waals surface area contributed by atoms with Gasteiger partial charge in [0.2, 0.25) is 0 Å². The zero-order chi connectivity index (χ0) is 24.3. The van der Waals surface area contributed by atoms with E-state index in [9.17, 15) is 9.18 Å². The number of esters is 1. The predicted molar refractivity (Wildman–Crippen MR) is 136 cm³/mol. The molecule has 2 aromatic rings. The van der Waals surface area contributed by atoms with Crippen LogP contribution in [0.5, 0.6) is 5.75 Å². The highest BCUT2D eigenvalue weighted by Crippen LogP contribution is 2.32. The molecule has 0 amide bonds. The van der Waals surface area contributed by atoms with Crippen molar-refractivity contribution < 1.29 is 18.7 Å². The number of carbonyl (C=O) groups is 1. The Morgan fingerprint density at radius 2 is 1.82 bits per heavy atom. The number of nitrogens with zero attached hydrogens (tertiary/aromatic N) is 2. The number of hydrogen-bond acceptors (Lipinski definition) is 5. The van der Waals surface area contributed by atoms with Gasteiger partial charge in [-0.3, -0.25) is 0 Å². The normalized spacial score (nSPS) is 18.9. The summed E-state index contributed by atoms with van der Waals surface area (Å²) in [6, 6.07) is 5.90. The molecule has 34 heavy (non-hydrogen) atoms. The lowest BCUT2D eigenvalue weighted by Crippen LogP contribution is -2.30. The number of alkyl halides is 1. The van der Waals surface area contributed by atoms with E-state index in [0.717, 1.165) is 72.7 Å². The highest BCUT2D eigenvalue weighted by atomic mass is 79.9. The summed E-state index contributed by atoms with van der Waals surface area (Å²) in [6.45, 7) is 4.76. The van der Waals surface area contributed by atoms with Crippen LogP contribution < -0.4 is 4.74 Å². The van der Waals surface area contributed by atoms with Crippen LogP contribution in [0.3, 0.4) is 0 Å². The monoisotopic (exact) mass is 534 g/mol. The Kier molecular flexibility index (Phi) is 10.8. The first kappa shape index (κ1) is 26.6. The second-order valence-electron chi connectivity index (χ2n) is 9.16. The summed E-state index contributed by atoms with van der Waals surface area (Å²) >= 11 is 3.61. The van der Waals surface area contributed by atoms with Crippen molar-refractivity contribution >= 4 is 21.9 Å². The van der Waals surface area contributed by atoms with Crippen LogP contribution in [0.15, 0.2) is 35.1 Å². The molecule has 1 aromatic heterocycles. The number of rotatable bonds is 12. The fraction of sp³-hybridized carbons (Fsp3) is 0.593. The van der Waals surface area contributed by atoms with E-state index in [4.69, 9.17) is 9.47 Å². The molecule has 1 aromatic carbocycles. The van der Waals surface area contributed by atoms with Crippen LogP contribution in [0.4, 0.5) is 4.39 Å². The van der Waals surface area contributed by atoms with Gasteiger partial charge in [-0.25, -0.2) is 19.2 Å². The number of carbonyl (C=O) groups excluding carboxylic acids is 1. The summed E-state index contributed by atoms with van der Waals surface area (Å²) in [5.74, 6) is 1.18. The molecule has 1 aliphatic rings. The Morgan fingerprint density at radius 1 is 1.12 bits per heavy atom. The Bertz CT molecular complexity index is 901. The molecule has 0 bridgehead atoms. The molecule has 1 aliphatic carbocycles. The standard InChI is InChI=1S/C27H36BrFN2O3/c1-3-5-7-20-16-30-26(31-17-20)21-11-14-25(23(28)15-21)33-18-19-9-12-22(13-10-19)34-27(32)24(29)8-6-4-2/h11,14-17,19,22,24H,3-10,12-13,18H2,1-2H3/t19-,22-,24-/m0/s1. The maximum atomic E-state index is 13.9. The molecule has 3 rings (SSSR count). The molecular formula is C27H36BrFN2O3. The molecule has 1 saturated carbocycles. The summed E-state index contributed by atoms with van der Waals surface area (Å²) in [5.41, 5.74) is 2.10. The lowest BCUT2D eigenvalue weighted by molar-refractivity contribution is -0.157. The molecule has 5 nitrogen and oxygen atoms in total. The number of aromatic nitrogens is 2. The summed E-state index contributed by atoms with van der Waals surface area (Å²) < 4.78 is 26.2. The van der Waals surface area contributed by atoms with Gasteiger partial charge in [-0.05, 0) is 90.6 Å². The predicted octanol–water partition coefficient (Wildman–Crippen LogP) is 7.26. The second-order valence-corrected chi connectivity index (χ2v) is 10.0. The van der Waals surface area contributed by atoms with Crippen molar-refractivity contribution in [3.8, 4) is 17.1 Å². The largest absolute Gasteiger partial charge is 0.492 e. The first-order chi connectivity index (χ1) is 16.5. The van der Waals surface area contributed by atoms with Crippen LogP contribution in [0, 0.1) is 5.92 Å². The Labute approximate surface area is 211 Å². The molecule has 0 aliphatic heterocycles. The average Bonchev–Trinajstić information content (AvgIpc) is 2.86. The highest BCUT2D eigenvalue weighted by molar-refractivity contribution is 9.10. The number of halogens is 2. The van der Waals surface area contributed by atoms with E-state index >= 15 is 0 Å². The number of hydrogen-bond donors (Lipinski definition) is 0. The summed E-state index contributed by atoms with van der Waals surface area (Å²) in [6.07, 6.45) is 10.6. The van der Waals surface area contributed by atoms with Gasteiger partial charge in [0.25, 0.3) is 0 Å². The molecular weight excluding hydrogens is 499 g/mol. The molecule has 0 saturated heterocycles. The zero-order valence-corrected chi connectivity index (χ0v) is 21.9. The molecule has 0 spiro atoms. The molecule has 0 unspecified atom stereocenters. The number of ether oxygens (including phenoxy) is 2.